The first kappa shape index (κ1) is 21.2. The van der Waals surface area contributed by atoms with E-state index in [2.05, 4.69) is 69.3 Å². The van der Waals surface area contributed by atoms with Crippen molar-refractivity contribution in [1.82, 2.24) is 0 Å². The molecule has 0 unspecified atom stereocenters. The predicted molar refractivity (Wildman–Crippen MR) is 118 cm³/mol. The molecule has 26 heavy (non-hydrogen) atoms. The summed E-state index contributed by atoms with van der Waals surface area (Å²) in [5.74, 6) is 0. The molecule has 1 aromatic rings. The Morgan fingerprint density at radius 3 is 2.58 bits per heavy atom. The van der Waals surface area contributed by atoms with Crippen molar-refractivity contribution in [3.8, 4) is 0 Å². The Hall–Kier alpha value is -2.80. The van der Waals surface area contributed by atoms with Gasteiger partial charge in [-0.25, -0.2) is 0 Å². The van der Waals surface area contributed by atoms with E-state index in [4.69, 9.17) is 0 Å². The molecule has 1 N–H and O–H groups in total. The lowest BCUT2D eigenvalue weighted by atomic mass is 10.0. The van der Waals surface area contributed by atoms with Crippen LogP contribution >= 0.6 is 0 Å². The third-order valence-electron chi connectivity index (χ3n) is 3.92. The molecule has 0 saturated carbocycles. The monoisotopic (exact) mass is 345 g/mol. The third kappa shape index (κ3) is 7.85. The van der Waals surface area contributed by atoms with Gasteiger partial charge in [-0.3, -0.25) is 0 Å². The molecular weight excluding hydrogens is 314 g/mol. The molecule has 0 fully saturated rings. The molecule has 0 amide bonds. The lowest BCUT2D eigenvalue weighted by Crippen LogP contribution is -2.01. The summed E-state index contributed by atoms with van der Waals surface area (Å²) in [4.78, 5) is 0. The highest BCUT2D eigenvalue weighted by atomic mass is 14.9. The predicted octanol–water partition coefficient (Wildman–Crippen LogP) is 7.45. The first-order chi connectivity index (χ1) is 12.5. The second-order valence-corrected chi connectivity index (χ2v) is 6.15. The Labute approximate surface area is 159 Å². The molecule has 0 bridgehead atoms. The summed E-state index contributed by atoms with van der Waals surface area (Å²) in [6.45, 7) is 17.9. The van der Waals surface area contributed by atoms with E-state index in [0.717, 1.165) is 35.4 Å². The fraction of sp³-hybridized carbons (Fsp3) is 0.200. The highest BCUT2D eigenvalue weighted by molar-refractivity contribution is 5.57. The van der Waals surface area contributed by atoms with Crippen LogP contribution in [0.3, 0.4) is 0 Å². The molecule has 0 spiro atoms. The van der Waals surface area contributed by atoms with Gasteiger partial charge in [0.2, 0.25) is 0 Å². The van der Waals surface area contributed by atoms with E-state index in [9.17, 15) is 0 Å². The zero-order chi connectivity index (χ0) is 19.4. The standard InChI is InChI=1S/C16H17N.C9H14/c1-12-7-9-15(10-8-12)14(3)17-16-6-4-5-13(2)11-16;1-4-7-8-9(5-2)6-3/h4-7,9-11,17H,1,3,8H2,2H3;4-5,7-8H,2,6H2,1,3H3/b;7-4-,9-8+. The first-order valence-corrected chi connectivity index (χ1v) is 9.03. The van der Waals surface area contributed by atoms with E-state index >= 15 is 0 Å². The van der Waals surface area contributed by atoms with E-state index in [0.29, 0.717) is 0 Å². The molecule has 0 radical (unpaired) electrons. The lowest BCUT2D eigenvalue weighted by Gasteiger charge is -2.14. The molecule has 0 atom stereocenters. The van der Waals surface area contributed by atoms with Gasteiger partial charge in [-0.15, -0.1) is 0 Å². The number of rotatable bonds is 6. The Balaban J connectivity index is 0.000000321. The van der Waals surface area contributed by atoms with Crippen LogP contribution in [-0.4, -0.2) is 0 Å². The minimum atomic E-state index is 0.903. The summed E-state index contributed by atoms with van der Waals surface area (Å²) in [5, 5.41) is 3.32. The van der Waals surface area contributed by atoms with Crippen LogP contribution in [0.25, 0.3) is 0 Å². The maximum Gasteiger partial charge on any atom is 0.0386 e. The lowest BCUT2D eigenvalue weighted by molar-refractivity contribution is 1.15. The van der Waals surface area contributed by atoms with Gasteiger partial charge in [0.1, 0.15) is 0 Å². The summed E-state index contributed by atoms with van der Waals surface area (Å²) in [6.07, 6.45) is 16.2. The number of hydrogen-bond donors (Lipinski definition) is 1. The molecule has 2 rings (SSSR count). The summed E-state index contributed by atoms with van der Waals surface area (Å²) in [7, 11) is 0. The average molecular weight is 346 g/mol. The van der Waals surface area contributed by atoms with Crippen molar-refractivity contribution in [3.63, 3.8) is 0 Å². The van der Waals surface area contributed by atoms with Gasteiger partial charge in [0.25, 0.3) is 0 Å². The minimum Gasteiger partial charge on any atom is -0.356 e. The quantitative estimate of drug-likeness (QED) is 0.528. The van der Waals surface area contributed by atoms with Crippen LogP contribution in [-0.2, 0) is 0 Å². The maximum absolute atomic E-state index is 4.07. The Bertz CT molecular complexity index is 754. The number of benzene rings is 1. The van der Waals surface area contributed by atoms with Crippen LogP contribution in [0.4, 0.5) is 5.69 Å². The van der Waals surface area contributed by atoms with Gasteiger partial charge in [0, 0.05) is 11.4 Å². The zero-order valence-corrected chi connectivity index (χ0v) is 16.4. The SMILES string of the molecule is C=C/C(=C\C=C/C)CC.C=C1C=CC(C(=C)Nc2cccc(C)c2)=CC1. The molecule has 1 aliphatic rings. The molecule has 0 aliphatic heterocycles. The average Bonchev–Trinajstić information content (AvgIpc) is 2.64. The third-order valence-corrected chi connectivity index (χ3v) is 3.92. The largest absolute Gasteiger partial charge is 0.356 e. The van der Waals surface area contributed by atoms with Crippen LogP contribution in [0.2, 0.25) is 0 Å². The molecule has 1 aliphatic carbocycles. The van der Waals surface area contributed by atoms with Crippen molar-refractivity contribution in [1.29, 1.82) is 0 Å². The molecule has 136 valence electrons. The molecule has 0 heterocycles. The fourth-order valence-corrected chi connectivity index (χ4v) is 2.33. The van der Waals surface area contributed by atoms with Crippen molar-refractivity contribution in [2.75, 3.05) is 5.32 Å². The van der Waals surface area contributed by atoms with Gasteiger partial charge < -0.3 is 5.32 Å². The summed E-state index contributed by atoms with van der Waals surface area (Å²) < 4.78 is 0. The Morgan fingerprint density at radius 1 is 1.27 bits per heavy atom. The van der Waals surface area contributed by atoms with Gasteiger partial charge in [-0.2, -0.15) is 0 Å². The molecule has 0 aromatic heterocycles. The summed E-state index contributed by atoms with van der Waals surface area (Å²) in [6, 6.07) is 8.27. The first-order valence-electron chi connectivity index (χ1n) is 9.03. The fourth-order valence-electron chi connectivity index (χ4n) is 2.33. The van der Waals surface area contributed by atoms with Gasteiger partial charge in [0.05, 0.1) is 0 Å². The molecule has 0 saturated heterocycles. The van der Waals surface area contributed by atoms with Crippen molar-refractivity contribution in [2.24, 2.45) is 0 Å². The zero-order valence-electron chi connectivity index (χ0n) is 16.4. The van der Waals surface area contributed by atoms with Crippen LogP contribution in [0, 0.1) is 6.92 Å². The molecule has 1 aromatic carbocycles. The van der Waals surface area contributed by atoms with E-state index in [1.165, 1.54) is 11.1 Å². The van der Waals surface area contributed by atoms with Crippen LogP contribution in [0.1, 0.15) is 32.3 Å². The van der Waals surface area contributed by atoms with E-state index in [-0.39, 0.29) is 0 Å². The number of nitrogens with one attached hydrogen (secondary N) is 1. The van der Waals surface area contributed by atoms with Gasteiger partial charge in [-0.1, -0.05) is 86.9 Å². The van der Waals surface area contributed by atoms with Crippen LogP contribution in [0.5, 0.6) is 0 Å². The highest BCUT2D eigenvalue weighted by Gasteiger charge is 2.04. The topological polar surface area (TPSA) is 12.0 Å². The van der Waals surface area contributed by atoms with Gasteiger partial charge >= 0.3 is 0 Å². The Morgan fingerprint density at radius 2 is 2.04 bits per heavy atom. The normalized spacial score (nSPS) is 13.7. The molecule has 1 nitrogen and oxygen atoms in total. The summed E-state index contributed by atoms with van der Waals surface area (Å²) >= 11 is 0. The number of anilines is 1. The van der Waals surface area contributed by atoms with E-state index < -0.39 is 0 Å². The summed E-state index contributed by atoms with van der Waals surface area (Å²) in [5.41, 5.74) is 6.81. The number of allylic oxidation sites excluding steroid dienone is 9. The number of hydrogen-bond acceptors (Lipinski definition) is 1. The Kier molecular flexibility index (Phi) is 9.56. The van der Waals surface area contributed by atoms with Crippen LogP contribution in [0.15, 0.2) is 109 Å². The van der Waals surface area contributed by atoms with Crippen LogP contribution < -0.4 is 5.32 Å². The molecular formula is C25H31N. The van der Waals surface area contributed by atoms with Crippen molar-refractivity contribution in [2.45, 2.75) is 33.6 Å². The van der Waals surface area contributed by atoms with Gasteiger partial charge in [0.15, 0.2) is 0 Å². The van der Waals surface area contributed by atoms with Gasteiger partial charge in [-0.05, 0) is 55.5 Å². The maximum atomic E-state index is 4.07. The van der Waals surface area contributed by atoms with Crippen molar-refractivity contribution in [3.05, 3.63) is 115 Å². The highest BCUT2D eigenvalue weighted by Crippen LogP contribution is 2.21. The number of aryl methyl sites for hydroxylation is 1. The molecule has 1 heteroatoms. The van der Waals surface area contributed by atoms with Crippen molar-refractivity contribution >= 4 is 5.69 Å². The van der Waals surface area contributed by atoms with Crippen molar-refractivity contribution < 1.29 is 0 Å². The smallest absolute Gasteiger partial charge is 0.0386 e. The second-order valence-electron chi connectivity index (χ2n) is 6.15. The van der Waals surface area contributed by atoms with E-state index in [1.54, 1.807) is 0 Å². The second kappa shape index (κ2) is 11.7. The minimum absolute atomic E-state index is 0.903. The van der Waals surface area contributed by atoms with E-state index in [1.807, 2.05) is 43.4 Å².